The molecule has 2 saturated heterocycles. The molecule has 2 rings (SSSR count). The summed E-state index contributed by atoms with van der Waals surface area (Å²) in [7, 11) is 4.24. The molecule has 0 aromatic carbocycles. The van der Waals surface area contributed by atoms with Crippen molar-refractivity contribution in [3.63, 3.8) is 0 Å². The van der Waals surface area contributed by atoms with Crippen molar-refractivity contribution in [2.75, 3.05) is 53.4 Å². The molecule has 0 bridgehead atoms. The lowest BCUT2D eigenvalue weighted by atomic mass is 10.1. The van der Waals surface area contributed by atoms with Crippen LogP contribution in [0, 0.1) is 0 Å². The molecule has 4 heteroatoms. The highest BCUT2D eigenvalue weighted by molar-refractivity contribution is 4.91. The number of likely N-dealkylation sites (tertiary alicyclic amines) is 1. The number of likely N-dealkylation sites (N-methyl/N-ethyl adjacent to an activating group) is 2. The first-order valence-corrected chi connectivity index (χ1v) is 5.46. The number of aliphatic hydroxyl groups is 1. The molecule has 2 fully saturated rings. The van der Waals surface area contributed by atoms with Crippen LogP contribution in [0.15, 0.2) is 0 Å². The van der Waals surface area contributed by atoms with E-state index >= 15 is 0 Å². The van der Waals surface area contributed by atoms with Gasteiger partial charge in [0.15, 0.2) is 0 Å². The highest BCUT2D eigenvalue weighted by Crippen LogP contribution is 2.16. The van der Waals surface area contributed by atoms with Gasteiger partial charge in [0, 0.05) is 45.3 Å². The van der Waals surface area contributed by atoms with Crippen molar-refractivity contribution in [2.24, 2.45) is 0 Å². The van der Waals surface area contributed by atoms with E-state index in [2.05, 4.69) is 28.8 Å². The molecule has 0 saturated carbocycles. The van der Waals surface area contributed by atoms with Crippen LogP contribution in [0.4, 0.5) is 0 Å². The molecule has 14 heavy (non-hydrogen) atoms. The number of rotatable bonds is 1. The van der Waals surface area contributed by atoms with Gasteiger partial charge in [0.1, 0.15) is 0 Å². The fourth-order valence-corrected chi connectivity index (χ4v) is 2.47. The first-order valence-electron chi connectivity index (χ1n) is 5.46. The zero-order valence-electron chi connectivity index (χ0n) is 9.19. The summed E-state index contributed by atoms with van der Waals surface area (Å²) in [6.45, 7) is 6.32. The van der Waals surface area contributed by atoms with Crippen molar-refractivity contribution in [1.29, 1.82) is 0 Å². The van der Waals surface area contributed by atoms with E-state index in [1.807, 2.05) is 0 Å². The van der Waals surface area contributed by atoms with Gasteiger partial charge in [-0.05, 0) is 14.1 Å². The van der Waals surface area contributed by atoms with Crippen LogP contribution in [0.25, 0.3) is 0 Å². The van der Waals surface area contributed by atoms with Crippen LogP contribution in [0.1, 0.15) is 0 Å². The fourth-order valence-electron chi connectivity index (χ4n) is 2.47. The van der Waals surface area contributed by atoms with E-state index in [4.69, 9.17) is 0 Å². The minimum Gasteiger partial charge on any atom is -0.390 e. The molecule has 0 aromatic rings. The lowest BCUT2D eigenvalue weighted by Gasteiger charge is -2.37. The van der Waals surface area contributed by atoms with Crippen molar-refractivity contribution < 1.29 is 5.11 Å². The minimum absolute atomic E-state index is 0.150. The Balaban J connectivity index is 1.89. The van der Waals surface area contributed by atoms with Gasteiger partial charge in [-0.15, -0.1) is 0 Å². The number of piperazine rings is 1. The Kier molecular flexibility index (Phi) is 3.07. The van der Waals surface area contributed by atoms with Gasteiger partial charge in [-0.3, -0.25) is 4.90 Å². The van der Waals surface area contributed by atoms with Gasteiger partial charge in [0.05, 0.1) is 6.10 Å². The van der Waals surface area contributed by atoms with Crippen LogP contribution in [0.2, 0.25) is 0 Å². The Morgan fingerprint density at radius 2 is 1.57 bits per heavy atom. The second-order valence-corrected chi connectivity index (χ2v) is 4.70. The lowest BCUT2D eigenvalue weighted by molar-refractivity contribution is 0.0512. The summed E-state index contributed by atoms with van der Waals surface area (Å²) in [6.07, 6.45) is -0.150. The SMILES string of the molecule is CN1CCN([C@H]2CN(C)C[C@@H]2O)CC1. The second kappa shape index (κ2) is 4.14. The van der Waals surface area contributed by atoms with E-state index in [9.17, 15) is 5.11 Å². The lowest BCUT2D eigenvalue weighted by Crippen LogP contribution is -2.52. The van der Waals surface area contributed by atoms with Crippen molar-refractivity contribution in [2.45, 2.75) is 12.1 Å². The zero-order chi connectivity index (χ0) is 10.1. The van der Waals surface area contributed by atoms with Gasteiger partial charge in [-0.1, -0.05) is 0 Å². The second-order valence-electron chi connectivity index (χ2n) is 4.70. The van der Waals surface area contributed by atoms with Crippen LogP contribution in [-0.4, -0.2) is 85.3 Å². The van der Waals surface area contributed by atoms with Gasteiger partial charge in [-0.2, -0.15) is 0 Å². The topological polar surface area (TPSA) is 30.0 Å². The van der Waals surface area contributed by atoms with E-state index in [0.29, 0.717) is 6.04 Å². The number of hydrogen-bond acceptors (Lipinski definition) is 4. The molecule has 0 aromatic heterocycles. The Hall–Kier alpha value is -0.160. The van der Waals surface area contributed by atoms with Crippen LogP contribution in [0.5, 0.6) is 0 Å². The zero-order valence-corrected chi connectivity index (χ0v) is 9.19. The molecule has 2 aliphatic heterocycles. The third-order valence-corrected chi connectivity index (χ3v) is 3.45. The van der Waals surface area contributed by atoms with E-state index < -0.39 is 0 Å². The summed E-state index contributed by atoms with van der Waals surface area (Å²) >= 11 is 0. The molecule has 0 aliphatic carbocycles. The predicted molar refractivity (Wildman–Crippen MR) is 56.4 cm³/mol. The molecule has 0 unspecified atom stereocenters. The first-order chi connectivity index (χ1) is 6.66. The third kappa shape index (κ3) is 2.08. The summed E-state index contributed by atoms with van der Waals surface area (Å²) in [5, 5.41) is 9.88. The van der Waals surface area contributed by atoms with Crippen LogP contribution in [0.3, 0.4) is 0 Å². The maximum Gasteiger partial charge on any atom is 0.0834 e. The van der Waals surface area contributed by atoms with Crippen LogP contribution < -0.4 is 0 Å². The van der Waals surface area contributed by atoms with Gasteiger partial charge < -0.3 is 14.9 Å². The van der Waals surface area contributed by atoms with Gasteiger partial charge in [-0.25, -0.2) is 0 Å². The van der Waals surface area contributed by atoms with Crippen molar-refractivity contribution in [3.05, 3.63) is 0 Å². The van der Waals surface area contributed by atoms with Crippen molar-refractivity contribution in [1.82, 2.24) is 14.7 Å². The van der Waals surface area contributed by atoms with Crippen molar-refractivity contribution >= 4 is 0 Å². The Bertz CT molecular complexity index is 192. The van der Waals surface area contributed by atoms with Gasteiger partial charge in [0.25, 0.3) is 0 Å². The average molecular weight is 199 g/mol. The number of nitrogens with zero attached hydrogens (tertiary/aromatic N) is 3. The molecule has 4 nitrogen and oxygen atoms in total. The normalized spacial score (nSPS) is 37.9. The van der Waals surface area contributed by atoms with Crippen molar-refractivity contribution in [3.8, 4) is 0 Å². The number of β-amino-alcohol motifs (C(OH)–C–C–N with tert-alkyl or cyclic N) is 1. The van der Waals surface area contributed by atoms with Gasteiger partial charge in [0.2, 0.25) is 0 Å². The molecular formula is C10H21N3O. The van der Waals surface area contributed by atoms with Crippen LogP contribution >= 0.6 is 0 Å². The van der Waals surface area contributed by atoms with Gasteiger partial charge >= 0.3 is 0 Å². The van der Waals surface area contributed by atoms with Crippen LogP contribution in [-0.2, 0) is 0 Å². The Morgan fingerprint density at radius 3 is 2.07 bits per heavy atom. The number of aliphatic hydroxyl groups excluding tert-OH is 1. The molecule has 0 spiro atoms. The summed E-state index contributed by atoms with van der Waals surface area (Å²) in [5.74, 6) is 0. The summed E-state index contributed by atoms with van der Waals surface area (Å²) in [5.41, 5.74) is 0. The maximum atomic E-state index is 9.88. The molecular weight excluding hydrogens is 178 g/mol. The molecule has 2 heterocycles. The highest BCUT2D eigenvalue weighted by Gasteiger charge is 2.34. The fraction of sp³-hybridized carbons (Fsp3) is 1.00. The monoisotopic (exact) mass is 199 g/mol. The molecule has 0 amide bonds. The Labute approximate surface area is 86.1 Å². The largest absolute Gasteiger partial charge is 0.390 e. The smallest absolute Gasteiger partial charge is 0.0834 e. The highest BCUT2D eigenvalue weighted by atomic mass is 16.3. The first kappa shape index (κ1) is 10.4. The third-order valence-electron chi connectivity index (χ3n) is 3.45. The molecule has 1 N–H and O–H groups in total. The standard InChI is InChI=1S/C10H21N3O/c1-11-3-5-13(6-4-11)9-7-12(2)8-10(9)14/h9-10,14H,3-8H2,1-2H3/t9-,10-/m0/s1. The van der Waals surface area contributed by atoms with E-state index in [1.54, 1.807) is 0 Å². The summed E-state index contributed by atoms with van der Waals surface area (Å²) in [4.78, 5) is 7.00. The van der Waals surface area contributed by atoms with E-state index in [0.717, 1.165) is 39.3 Å². The summed E-state index contributed by atoms with van der Waals surface area (Å²) in [6, 6.07) is 0.369. The van der Waals surface area contributed by atoms with E-state index in [1.165, 1.54) is 0 Å². The average Bonchev–Trinajstić information content (AvgIpc) is 2.47. The molecule has 0 radical (unpaired) electrons. The molecule has 82 valence electrons. The molecule has 2 aliphatic rings. The Morgan fingerprint density at radius 1 is 0.929 bits per heavy atom. The maximum absolute atomic E-state index is 9.88. The number of hydrogen-bond donors (Lipinski definition) is 1. The molecule has 2 atom stereocenters. The summed E-state index contributed by atoms with van der Waals surface area (Å²) < 4.78 is 0. The predicted octanol–water partition coefficient (Wildman–Crippen LogP) is -1.09. The van der Waals surface area contributed by atoms with E-state index in [-0.39, 0.29) is 6.10 Å². The quantitative estimate of drug-likeness (QED) is 0.581. The minimum atomic E-state index is -0.150.